The van der Waals surface area contributed by atoms with Crippen LogP contribution in [-0.4, -0.2) is 30.1 Å². The lowest BCUT2D eigenvalue weighted by Crippen LogP contribution is -2.34. The number of carbonyl (C=O) groups is 3. The SMILES string of the molecule is CC(C)(C)OC(=O)COc1ccc(NC(=O)NC(=O)c2ccc(C#N)cc2)cc1. The van der Waals surface area contributed by atoms with Gasteiger partial charge in [0, 0.05) is 11.3 Å². The summed E-state index contributed by atoms with van der Waals surface area (Å²) in [5.74, 6) is -0.653. The van der Waals surface area contributed by atoms with Gasteiger partial charge >= 0.3 is 12.0 Å². The normalized spacial score (nSPS) is 10.4. The molecule has 2 aromatic rings. The molecule has 2 N–H and O–H groups in total. The van der Waals surface area contributed by atoms with Crippen molar-refractivity contribution in [2.45, 2.75) is 26.4 Å². The fourth-order valence-electron chi connectivity index (χ4n) is 2.18. The van der Waals surface area contributed by atoms with Gasteiger partial charge in [-0.3, -0.25) is 10.1 Å². The number of anilines is 1. The molecule has 2 rings (SSSR count). The van der Waals surface area contributed by atoms with Gasteiger partial charge in [-0.2, -0.15) is 5.26 Å². The van der Waals surface area contributed by atoms with E-state index >= 15 is 0 Å². The van der Waals surface area contributed by atoms with E-state index in [0.717, 1.165) is 0 Å². The fraction of sp³-hybridized carbons (Fsp3) is 0.238. The lowest BCUT2D eigenvalue weighted by molar-refractivity contribution is -0.157. The average molecular weight is 395 g/mol. The zero-order valence-electron chi connectivity index (χ0n) is 16.3. The molecule has 0 unspecified atom stereocenters. The van der Waals surface area contributed by atoms with Crippen molar-refractivity contribution in [2.75, 3.05) is 11.9 Å². The van der Waals surface area contributed by atoms with Gasteiger partial charge in [0.1, 0.15) is 11.4 Å². The minimum atomic E-state index is -0.707. The fourth-order valence-corrected chi connectivity index (χ4v) is 2.18. The Hall–Kier alpha value is -3.86. The van der Waals surface area contributed by atoms with Crippen molar-refractivity contribution >= 4 is 23.6 Å². The van der Waals surface area contributed by atoms with Crippen molar-refractivity contribution < 1.29 is 23.9 Å². The first-order valence-corrected chi connectivity index (χ1v) is 8.73. The number of hydrogen-bond donors (Lipinski definition) is 2. The summed E-state index contributed by atoms with van der Waals surface area (Å²) in [5.41, 5.74) is 0.515. The number of amides is 3. The molecule has 0 aliphatic heterocycles. The summed E-state index contributed by atoms with van der Waals surface area (Å²) in [5, 5.41) is 13.5. The summed E-state index contributed by atoms with van der Waals surface area (Å²) in [6, 6.07) is 13.4. The van der Waals surface area contributed by atoms with E-state index in [4.69, 9.17) is 14.7 Å². The van der Waals surface area contributed by atoms with E-state index in [2.05, 4.69) is 10.6 Å². The maximum absolute atomic E-state index is 12.0. The van der Waals surface area contributed by atoms with Crippen molar-refractivity contribution in [3.8, 4) is 11.8 Å². The molecular formula is C21H21N3O5. The molecule has 0 saturated carbocycles. The highest BCUT2D eigenvalue weighted by atomic mass is 16.6. The predicted molar refractivity (Wildman–Crippen MR) is 105 cm³/mol. The van der Waals surface area contributed by atoms with Crippen LogP contribution >= 0.6 is 0 Å². The molecular weight excluding hydrogens is 374 g/mol. The van der Waals surface area contributed by atoms with E-state index < -0.39 is 23.5 Å². The van der Waals surface area contributed by atoms with E-state index in [1.165, 1.54) is 24.3 Å². The molecule has 2 aromatic carbocycles. The molecule has 0 aromatic heterocycles. The Morgan fingerprint density at radius 2 is 1.62 bits per heavy atom. The smallest absolute Gasteiger partial charge is 0.344 e. The molecule has 0 spiro atoms. The van der Waals surface area contributed by atoms with Crippen LogP contribution in [0.5, 0.6) is 5.75 Å². The molecule has 0 bridgehead atoms. The summed E-state index contributed by atoms with van der Waals surface area (Å²) >= 11 is 0. The summed E-state index contributed by atoms with van der Waals surface area (Å²) in [6.07, 6.45) is 0. The first kappa shape index (κ1) is 21.4. The van der Waals surface area contributed by atoms with Gasteiger partial charge in [-0.05, 0) is 69.3 Å². The number of hydrogen-bond acceptors (Lipinski definition) is 6. The Bertz CT molecular complexity index is 923. The first-order valence-electron chi connectivity index (χ1n) is 8.73. The number of ether oxygens (including phenoxy) is 2. The van der Waals surface area contributed by atoms with Crippen LogP contribution in [-0.2, 0) is 9.53 Å². The Kier molecular flexibility index (Phi) is 6.93. The number of rotatable bonds is 5. The van der Waals surface area contributed by atoms with Gasteiger partial charge < -0.3 is 14.8 Å². The Morgan fingerprint density at radius 3 is 2.17 bits per heavy atom. The molecule has 0 heterocycles. The zero-order valence-corrected chi connectivity index (χ0v) is 16.3. The summed E-state index contributed by atoms with van der Waals surface area (Å²) in [7, 11) is 0. The summed E-state index contributed by atoms with van der Waals surface area (Å²) in [6.45, 7) is 5.07. The second-order valence-electron chi connectivity index (χ2n) is 7.00. The number of carbonyl (C=O) groups excluding carboxylic acids is 3. The van der Waals surface area contributed by atoms with Gasteiger partial charge in [-0.15, -0.1) is 0 Å². The summed E-state index contributed by atoms with van der Waals surface area (Å²) in [4.78, 5) is 35.6. The number of nitriles is 1. The molecule has 0 fully saturated rings. The number of benzene rings is 2. The van der Waals surface area contributed by atoms with Crippen LogP contribution in [0.1, 0.15) is 36.7 Å². The molecule has 0 aliphatic carbocycles. The topological polar surface area (TPSA) is 118 Å². The first-order chi connectivity index (χ1) is 13.7. The lowest BCUT2D eigenvalue weighted by atomic mass is 10.1. The molecule has 0 aliphatic rings. The number of nitrogens with one attached hydrogen (secondary N) is 2. The van der Waals surface area contributed by atoms with Crippen molar-refractivity contribution in [1.82, 2.24) is 5.32 Å². The number of esters is 1. The Labute approximate surface area is 168 Å². The average Bonchev–Trinajstić information content (AvgIpc) is 2.66. The molecule has 0 atom stereocenters. The molecule has 8 heteroatoms. The highest BCUT2D eigenvalue weighted by molar-refractivity contribution is 6.07. The van der Waals surface area contributed by atoms with Gasteiger partial charge in [0.2, 0.25) is 0 Å². The van der Waals surface area contributed by atoms with E-state index in [-0.39, 0.29) is 12.2 Å². The highest BCUT2D eigenvalue weighted by Gasteiger charge is 2.16. The van der Waals surface area contributed by atoms with Crippen LogP contribution in [0.4, 0.5) is 10.5 Å². The second-order valence-corrected chi connectivity index (χ2v) is 7.00. The molecule has 0 saturated heterocycles. The Balaban J connectivity index is 1.84. The van der Waals surface area contributed by atoms with Crippen LogP contribution in [0, 0.1) is 11.3 Å². The zero-order chi connectivity index (χ0) is 21.4. The quantitative estimate of drug-likeness (QED) is 0.751. The molecule has 3 amide bonds. The van der Waals surface area contributed by atoms with E-state index in [9.17, 15) is 14.4 Å². The molecule has 29 heavy (non-hydrogen) atoms. The summed E-state index contributed by atoms with van der Waals surface area (Å²) < 4.78 is 10.5. The second kappa shape index (κ2) is 9.37. The van der Waals surface area contributed by atoms with E-state index in [1.807, 2.05) is 6.07 Å². The largest absolute Gasteiger partial charge is 0.482 e. The highest BCUT2D eigenvalue weighted by Crippen LogP contribution is 2.16. The van der Waals surface area contributed by atoms with Crippen LogP contribution in [0.2, 0.25) is 0 Å². The van der Waals surface area contributed by atoms with Crippen LogP contribution in [0.15, 0.2) is 48.5 Å². The van der Waals surface area contributed by atoms with E-state index in [0.29, 0.717) is 17.0 Å². The van der Waals surface area contributed by atoms with Gasteiger partial charge in [0.05, 0.1) is 11.6 Å². The van der Waals surface area contributed by atoms with Gasteiger partial charge in [0.15, 0.2) is 6.61 Å². The standard InChI is InChI=1S/C21H21N3O5/c1-21(2,3)29-18(25)13-28-17-10-8-16(9-11-17)23-20(27)24-19(26)15-6-4-14(12-22)5-7-15/h4-11H,13H2,1-3H3,(H2,23,24,26,27). The maximum Gasteiger partial charge on any atom is 0.344 e. The predicted octanol–water partition coefficient (Wildman–Crippen LogP) is 3.24. The number of nitrogens with zero attached hydrogens (tertiary/aromatic N) is 1. The third kappa shape index (κ3) is 7.34. The third-order valence-electron chi connectivity index (χ3n) is 3.39. The molecule has 150 valence electrons. The number of imide groups is 1. The third-order valence-corrected chi connectivity index (χ3v) is 3.39. The minimum Gasteiger partial charge on any atom is -0.482 e. The lowest BCUT2D eigenvalue weighted by Gasteiger charge is -2.19. The van der Waals surface area contributed by atoms with Crippen LogP contribution < -0.4 is 15.4 Å². The molecule has 8 nitrogen and oxygen atoms in total. The van der Waals surface area contributed by atoms with Crippen LogP contribution in [0.3, 0.4) is 0 Å². The Morgan fingerprint density at radius 1 is 1.00 bits per heavy atom. The van der Waals surface area contributed by atoms with Gasteiger partial charge in [-0.1, -0.05) is 0 Å². The minimum absolute atomic E-state index is 0.233. The van der Waals surface area contributed by atoms with Crippen molar-refractivity contribution in [2.24, 2.45) is 0 Å². The van der Waals surface area contributed by atoms with Gasteiger partial charge in [0.25, 0.3) is 5.91 Å². The van der Waals surface area contributed by atoms with E-state index in [1.54, 1.807) is 45.0 Å². The van der Waals surface area contributed by atoms with Crippen LogP contribution in [0.25, 0.3) is 0 Å². The maximum atomic E-state index is 12.0. The monoisotopic (exact) mass is 395 g/mol. The van der Waals surface area contributed by atoms with Crippen molar-refractivity contribution in [3.05, 3.63) is 59.7 Å². The molecule has 0 radical (unpaired) electrons. The van der Waals surface area contributed by atoms with Gasteiger partial charge in [-0.25, -0.2) is 9.59 Å². The van der Waals surface area contributed by atoms with Crippen molar-refractivity contribution in [3.63, 3.8) is 0 Å². The van der Waals surface area contributed by atoms with Crippen molar-refractivity contribution in [1.29, 1.82) is 5.26 Å². The number of urea groups is 1.